The van der Waals surface area contributed by atoms with E-state index in [2.05, 4.69) is 48.3 Å². The minimum atomic E-state index is -1.00. The molecule has 4 aromatic rings. The van der Waals surface area contributed by atoms with Crippen molar-refractivity contribution in [2.24, 2.45) is 0 Å². The molecule has 0 fully saturated rings. The van der Waals surface area contributed by atoms with E-state index < -0.39 is 12.0 Å². The Bertz CT molecular complexity index is 1370. The zero-order chi connectivity index (χ0) is 24.0. The minimum absolute atomic E-state index is 0.175. The highest BCUT2D eigenvalue weighted by Crippen LogP contribution is 2.45. The second-order valence-electron chi connectivity index (χ2n) is 8.98. The summed E-state index contributed by atoms with van der Waals surface area (Å²) >= 11 is 0. The van der Waals surface area contributed by atoms with Crippen LogP contribution in [0.4, 0.5) is 5.69 Å². The average molecular weight is 452 g/mol. The molecule has 0 radical (unpaired) electrons. The molecule has 1 atom stereocenters. The Kier molecular flexibility index (Phi) is 5.28. The number of nitrogens with zero attached hydrogens (tertiary/aromatic N) is 2. The highest BCUT2D eigenvalue weighted by molar-refractivity contribution is 6.11. The maximum Gasteiger partial charge on any atom is 0.335 e. The fourth-order valence-corrected chi connectivity index (χ4v) is 4.49. The van der Waals surface area contributed by atoms with Crippen LogP contribution in [0.2, 0.25) is 0 Å². The summed E-state index contributed by atoms with van der Waals surface area (Å²) in [4.78, 5) is 26.7. The Morgan fingerprint density at radius 1 is 0.971 bits per heavy atom. The van der Waals surface area contributed by atoms with Gasteiger partial charge in [0.1, 0.15) is 5.69 Å². The van der Waals surface area contributed by atoms with Crippen molar-refractivity contribution < 1.29 is 14.7 Å². The molecule has 1 aliphatic heterocycles. The molecule has 34 heavy (non-hydrogen) atoms. The number of fused-ring (bicyclic) bond motifs is 1. The van der Waals surface area contributed by atoms with E-state index in [1.807, 2.05) is 31.2 Å². The normalized spacial score (nSPS) is 15.1. The van der Waals surface area contributed by atoms with Crippen LogP contribution in [0.25, 0.3) is 11.3 Å². The van der Waals surface area contributed by atoms with Crippen molar-refractivity contribution in [2.75, 3.05) is 4.90 Å². The summed E-state index contributed by atoms with van der Waals surface area (Å²) in [5, 5.41) is 16.8. The zero-order valence-electron chi connectivity index (χ0n) is 19.2. The summed E-state index contributed by atoms with van der Waals surface area (Å²) < 4.78 is 0. The number of carbonyl (C=O) groups is 2. The van der Waals surface area contributed by atoms with Gasteiger partial charge in [-0.1, -0.05) is 67.9 Å². The largest absolute Gasteiger partial charge is 0.478 e. The fraction of sp³-hybridized carbons (Fsp3) is 0.179. The number of benzene rings is 3. The lowest BCUT2D eigenvalue weighted by molar-refractivity contribution is 0.0696. The molecule has 6 heteroatoms. The second kappa shape index (κ2) is 8.30. The molecule has 2 heterocycles. The van der Waals surface area contributed by atoms with E-state index in [4.69, 9.17) is 0 Å². The van der Waals surface area contributed by atoms with Crippen LogP contribution >= 0.6 is 0 Å². The van der Waals surface area contributed by atoms with E-state index in [0.717, 1.165) is 27.9 Å². The fourth-order valence-electron chi connectivity index (χ4n) is 4.49. The number of carboxylic acids is 1. The number of hydrogen-bond donors (Lipinski definition) is 2. The molecule has 0 saturated carbocycles. The summed E-state index contributed by atoms with van der Waals surface area (Å²) in [6.45, 7) is 6.33. The smallest absolute Gasteiger partial charge is 0.335 e. The molecule has 0 spiro atoms. The van der Waals surface area contributed by atoms with Crippen LogP contribution in [0.15, 0.2) is 72.8 Å². The van der Waals surface area contributed by atoms with Gasteiger partial charge in [-0.3, -0.25) is 14.8 Å². The number of aromatic nitrogens is 2. The third-order valence-corrected chi connectivity index (χ3v) is 6.40. The molecule has 0 bridgehead atoms. The number of nitrogens with one attached hydrogen (secondary N) is 1. The van der Waals surface area contributed by atoms with Crippen molar-refractivity contribution in [3.8, 4) is 11.3 Å². The Morgan fingerprint density at radius 3 is 2.21 bits per heavy atom. The van der Waals surface area contributed by atoms with Crippen molar-refractivity contribution in [2.45, 2.75) is 32.7 Å². The summed E-state index contributed by atoms with van der Waals surface area (Å²) in [6, 6.07) is 22.4. The first-order chi connectivity index (χ1) is 16.3. The molecule has 1 aliphatic rings. The molecule has 0 aliphatic carbocycles. The molecule has 6 nitrogen and oxygen atoms in total. The van der Waals surface area contributed by atoms with E-state index in [0.29, 0.717) is 17.3 Å². The van der Waals surface area contributed by atoms with Gasteiger partial charge in [-0.2, -0.15) is 5.10 Å². The average Bonchev–Trinajstić information content (AvgIpc) is 3.38. The Morgan fingerprint density at radius 2 is 1.62 bits per heavy atom. The van der Waals surface area contributed by atoms with E-state index in [1.165, 1.54) is 17.7 Å². The first-order valence-corrected chi connectivity index (χ1v) is 11.3. The van der Waals surface area contributed by atoms with Gasteiger partial charge in [0, 0.05) is 16.8 Å². The van der Waals surface area contributed by atoms with Crippen LogP contribution < -0.4 is 4.90 Å². The van der Waals surface area contributed by atoms with Gasteiger partial charge in [0.25, 0.3) is 5.91 Å². The van der Waals surface area contributed by atoms with E-state index in [1.54, 1.807) is 17.0 Å². The molecule has 3 aromatic carbocycles. The maximum absolute atomic E-state index is 13.6. The van der Waals surface area contributed by atoms with Crippen molar-refractivity contribution >= 4 is 17.6 Å². The number of carboxylic acid groups (broad SMARTS) is 1. The SMILES string of the molecule is Cc1ccc(-c2n[nH]c3c2C(c2ccc(C(C)C)cc2)N(c2ccc(C(=O)O)cc2)C3=O)cc1. The Labute approximate surface area is 197 Å². The molecule has 2 N–H and O–H groups in total. The van der Waals surface area contributed by atoms with Crippen LogP contribution in [0, 0.1) is 6.92 Å². The minimum Gasteiger partial charge on any atom is -0.478 e. The van der Waals surface area contributed by atoms with Gasteiger partial charge >= 0.3 is 5.97 Å². The number of amides is 1. The van der Waals surface area contributed by atoms with E-state index in [-0.39, 0.29) is 11.5 Å². The highest BCUT2D eigenvalue weighted by Gasteiger charge is 2.43. The number of rotatable bonds is 5. The highest BCUT2D eigenvalue weighted by atomic mass is 16.4. The third kappa shape index (κ3) is 3.57. The van der Waals surface area contributed by atoms with Crippen molar-refractivity contribution in [1.29, 1.82) is 0 Å². The second-order valence-corrected chi connectivity index (χ2v) is 8.98. The summed E-state index contributed by atoms with van der Waals surface area (Å²) in [5.74, 6) is -0.801. The molecule has 1 aromatic heterocycles. The van der Waals surface area contributed by atoms with Crippen LogP contribution in [0.3, 0.4) is 0 Å². The van der Waals surface area contributed by atoms with E-state index in [9.17, 15) is 14.7 Å². The van der Waals surface area contributed by atoms with Gasteiger partial charge in [-0.15, -0.1) is 0 Å². The van der Waals surface area contributed by atoms with Gasteiger partial charge in [0.05, 0.1) is 17.3 Å². The topological polar surface area (TPSA) is 86.3 Å². The predicted molar refractivity (Wildman–Crippen MR) is 131 cm³/mol. The van der Waals surface area contributed by atoms with Crippen LogP contribution in [0.1, 0.15) is 68.9 Å². The zero-order valence-corrected chi connectivity index (χ0v) is 19.2. The number of H-pyrrole nitrogens is 1. The number of carbonyl (C=O) groups excluding carboxylic acids is 1. The van der Waals surface area contributed by atoms with Crippen LogP contribution in [0.5, 0.6) is 0 Å². The predicted octanol–water partition coefficient (Wildman–Crippen LogP) is 5.96. The van der Waals surface area contributed by atoms with Gasteiger partial charge in [-0.05, 0) is 48.2 Å². The van der Waals surface area contributed by atoms with Crippen molar-refractivity contribution in [3.63, 3.8) is 0 Å². The number of aromatic carboxylic acids is 1. The summed E-state index contributed by atoms with van der Waals surface area (Å²) in [7, 11) is 0. The Balaban J connectivity index is 1.67. The molecular formula is C28H25N3O3. The molecule has 170 valence electrons. The van der Waals surface area contributed by atoms with Crippen LogP contribution in [-0.2, 0) is 0 Å². The monoisotopic (exact) mass is 451 g/mol. The summed E-state index contributed by atoms with van der Waals surface area (Å²) in [6.07, 6.45) is 0. The lowest BCUT2D eigenvalue weighted by Crippen LogP contribution is -2.29. The van der Waals surface area contributed by atoms with Gasteiger partial charge in [-0.25, -0.2) is 4.79 Å². The van der Waals surface area contributed by atoms with Gasteiger partial charge < -0.3 is 5.11 Å². The van der Waals surface area contributed by atoms with Gasteiger partial charge in [0.15, 0.2) is 0 Å². The maximum atomic E-state index is 13.6. The number of aromatic amines is 1. The van der Waals surface area contributed by atoms with Crippen LogP contribution in [-0.4, -0.2) is 27.2 Å². The lowest BCUT2D eigenvalue weighted by Gasteiger charge is -2.27. The first kappa shape index (κ1) is 21.6. The summed E-state index contributed by atoms with van der Waals surface area (Å²) in [5.41, 5.74) is 7.09. The molecule has 0 saturated heterocycles. The van der Waals surface area contributed by atoms with Gasteiger partial charge in [0.2, 0.25) is 0 Å². The molecular weight excluding hydrogens is 426 g/mol. The quantitative estimate of drug-likeness (QED) is 0.392. The van der Waals surface area contributed by atoms with E-state index >= 15 is 0 Å². The standard InChI is InChI=1S/C28H25N3O3/c1-16(2)18-8-10-20(11-9-18)26-23-24(19-6-4-17(3)5-7-19)29-30-25(23)27(32)31(26)22-14-12-21(13-15-22)28(33)34/h4-16,26H,1-3H3,(H,29,30)(H,33,34). The molecule has 1 unspecified atom stereocenters. The third-order valence-electron chi connectivity index (χ3n) is 6.40. The van der Waals surface area contributed by atoms with Crippen molar-refractivity contribution in [1.82, 2.24) is 10.2 Å². The van der Waals surface area contributed by atoms with Crippen molar-refractivity contribution in [3.05, 3.63) is 106 Å². The number of anilines is 1. The molecule has 5 rings (SSSR count). The number of aryl methyl sites for hydroxylation is 1. The first-order valence-electron chi connectivity index (χ1n) is 11.3. The molecule has 1 amide bonds. The Hall–Kier alpha value is -4.19. The number of hydrogen-bond acceptors (Lipinski definition) is 3. The lowest BCUT2D eigenvalue weighted by atomic mass is 9.93.